The SMILES string of the molecule is COC(=O)c1ccc(Cn2c(=O)[nH]cc(F)c2=O)cc1. The van der Waals surface area contributed by atoms with E-state index in [0.717, 1.165) is 10.8 Å². The van der Waals surface area contributed by atoms with Gasteiger partial charge in [-0.15, -0.1) is 0 Å². The molecule has 0 atom stereocenters. The number of halogens is 1. The van der Waals surface area contributed by atoms with Crippen molar-refractivity contribution in [1.29, 1.82) is 0 Å². The first kappa shape index (κ1) is 13.7. The van der Waals surface area contributed by atoms with Gasteiger partial charge in [-0.3, -0.25) is 9.36 Å². The fourth-order valence-electron chi connectivity index (χ4n) is 1.68. The van der Waals surface area contributed by atoms with Gasteiger partial charge in [0.1, 0.15) is 0 Å². The fourth-order valence-corrected chi connectivity index (χ4v) is 1.68. The number of carbonyl (C=O) groups excluding carboxylic acids is 1. The molecule has 0 amide bonds. The van der Waals surface area contributed by atoms with Crippen LogP contribution in [0.2, 0.25) is 0 Å². The van der Waals surface area contributed by atoms with E-state index in [2.05, 4.69) is 9.72 Å². The topological polar surface area (TPSA) is 81.2 Å². The number of nitrogens with one attached hydrogen (secondary N) is 1. The van der Waals surface area contributed by atoms with Gasteiger partial charge in [0.2, 0.25) is 5.82 Å². The summed E-state index contributed by atoms with van der Waals surface area (Å²) in [6.07, 6.45) is 0.724. The Morgan fingerprint density at radius 3 is 2.55 bits per heavy atom. The second-order valence-corrected chi connectivity index (χ2v) is 4.02. The molecule has 6 nitrogen and oxygen atoms in total. The smallest absolute Gasteiger partial charge is 0.337 e. The molecular weight excluding hydrogens is 267 g/mol. The number of hydrogen-bond acceptors (Lipinski definition) is 4. The lowest BCUT2D eigenvalue weighted by Gasteiger charge is -2.05. The van der Waals surface area contributed by atoms with E-state index in [1.54, 1.807) is 12.1 Å². The molecule has 1 heterocycles. The molecule has 0 aliphatic carbocycles. The van der Waals surface area contributed by atoms with E-state index in [4.69, 9.17) is 0 Å². The number of aromatic amines is 1. The van der Waals surface area contributed by atoms with Gasteiger partial charge in [0.05, 0.1) is 19.2 Å². The van der Waals surface area contributed by atoms with Gasteiger partial charge in [0, 0.05) is 6.20 Å². The first-order chi connectivity index (χ1) is 9.52. The van der Waals surface area contributed by atoms with Crippen molar-refractivity contribution in [2.24, 2.45) is 0 Å². The normalized spacial score (nSPS) is 10.3. The number of carbonyl (C=O) groups is 1. The van der Waals surface area contributed by atoms with Crippen LogP contribution in [0.4, 0.5) is 4.39 Å². The van der Waals surface area contributed by atoms with E-state index >= 15 is 0 Å². The van der Waals surface area contributed by atoms with Gasteiger partial charge in [-0.05, 0) is 17.7 Å². The number of aromatic nitrogens is 2. The van der Waals surface area contributed by atoms with Gasteiger partial charge in [-0.2, -0.15) is 4.39 Å². The van der Waals surface area contributed by atoms with Crippen molar-refractivity contribution < 1.29 is 13.9 Å². The van der Waals surface area contributed by atoms with Gasteiger partial charge >= 0.3 is 11.7 Å². The van der Waals surface area contributed by atoms with Crippen LogP contribution in [0.15, 0.2) is 40.1 Å². The highest BCUT2D eigenvalue weighted by molar-refractivity contribution is 5.89. The Morgan fingerprint density at radius 1 is 1.30 bits per heavy atom. The summed E-state index contributed by atoms with van der Waals surface area (Å²) in [6, 6.07) is 6.12. The average Bonchev–Trinajstić information content (AvgIpc) is 2.47. The molecule has 1 N–H and O–H groups in total. The summed E-state index contributed by atoms with van der Waals surface area (Å²) in [4.78, 5) is 36.4. The van der Waals surface area contributed by atoms with Gasteiger partial charge in [0.25, 0.3) is 5.56 Å². The molecule has 0 fully saturated rings. The van der Waals surface area contributed by atoms with Crippen molar-refractivity contribution in [1.82, 2.24) is 9.55 Å². The molecule has 2 aromatic rings. The molecule has 0 unspecified atom stereocenters. The molecule has 0 aliphatic heterocycles. The van der Waals surface area contributed by atoms with Gasteiger partial charge in [0.15, 0.2) is 0 Å². The van der Waals surface area contributed by atoms with Crippen molar-refractivity contribution in [3.63, 3.8) is 0 Å². The highest BCUT2D eigenvalue weighted by Gasteiger charge is 2.08. The average molecular weight is 278 g/mol. The van der Waals surface area contributed by atoms with E-state index in [9.17, 15) is 18.8 Å². The number of rotatable bonds is 3. The lowest BCUT2D eigenvalue weighted by atomic mass is 10.1. The minimum Gasteiger partial charge on any atom is -0.465 e. The minimum absolute atomic E-state index is 0.0899. The van der Waals surface area contributed by atoms with Crippen LogP contribution < -0.4 is 11.2 Å². The summed E-state index contributed by atoms with van der Waals surface area (Å²) < 4.78 is 18.4. The summed E-state index contributed by atoms with van der Waals surface area (Å²) >= 11 is 0. The van der Waals surface area contributed by atoms with Crippen LogP contribution in [-0.4, -0.2) is 22.6 Å². The lowest BCUT2D eigenvalue weighted by Crippen LogP contribution is -2.36. The first-order valence-electron chi connectivity index (χ1n) is 5.68. The third-order valence-corrected chi connectivity index (χ3v) is 2.73. The third-order valence-electron chi connectivity index (χ3n) is 2.73. The van der Waals surface area contributed by atoms with Crippen molar-refractivity contribution >= 4 is 5.97 Å². The predicted octanol–water partition coefficient (Wildman–Crippen LogP) is 0.511. The van der Waals surface area contributed by atoms with Crippen molar-refractivity contribution in [3.05, 3.63) is 68.2 Å². The lowest BCUT2D eigenvalue weighted by molar-refractivity contribution is 0.0600. The van der Waals surface area contributed by atoms with Crippen LogP contribution in [-0.2, 0) is 11.3 Å². The maximum atomic E-state index is 13.1. The Balaban J connectivity index is 2.32. The summed E-state index contributed by atoms with van der Waals surface area (Å²) in [5.41, 5.74) is -0.771. The van der Waals surface area contributed by atoms with Gasteiger partial charge < -0.3 is 9.72 Å². The number of benzene rings is 1. The Morgan fingerprint density at radius 2 is 1.95 bits per heavy atom. The molecule has 1 aromatic heterocycles. The van der Waals surface area contributed by atoms with E-state index in [1.165, 1.54) is 19.2 Å². The van der Waals surface area contributed by atoms with Crippen LogP contribution in [0.3, 0.4) is 0 Å². The van der Waals surface area contributed by atoms with Gasteiger partial charge in [-0.25, -0.2) is 9.59 Å². The van der Waals surface area contributed by atoms with Gasteiger partial charge in [-0.1, -0.05) is 12.1 Å². The second kappa shape index (κ2) is 5.52. The number of esters is 1. The molecular formula is C13H11FN2O4. The summed E-state index contributed by atoms with van der Waals surface area (Å²) in [5, 5.41) is 0. The predicted molar refractivity (Wildman–Crippen MR) is 68.2 cm³/mol. The molecule has 20 heavy (non-hydrogen) atoms. The monoisotopic (exact) mass is 278 g/mol. The van der Waals surface area contributed by atoms with Crippen molar-refractivity contribution in [2.45, 2.75) is 6.54 Å². The van der Waals surface area contributed by atoms with E-state index in [-0.39, 0.29) is 6.54 Å². The first-order valence-corrected chi connectivity index (χ1v) is 5.68. The molecule has 2 rings (SSSR count). The van der Waals surface area contributed by atoms with Crippen LogP contribution in [0, 0.1) is 5.82 Å². The zero-order chi connectivity index (χ0) is 14.7. The second-order valence-electron chi connectivity index (χ2n) is 4.02. The Bertz CT molecular complexity index is 746. The summed E-state index contributed by atoms with van der Waals surface area (Å²) in [7, 11) is 1.27. The molecule has 0 radical (unpaired) electrons. The number of H-pyrrole nitrogens is 1. The summed E-state index contributed by atoms with van der Waals surface area (Å²) in [6.45, 7) is -0.0899. The number of hydrogen-bond donors (Lipinski definition) is 1. The van der Waals surface area contributed by atoms with Crippen LogP contribution in [0.25, 0.3) is 0 Å². The van der Waals surface area contributed by atoms with Crippen LogP contribution in [0.1, 0.15) is 15.9 Å². The van der Waals surface area contributed by atoms with Crippen molar-refractivity contribution in [3.8, 4) is 0 Å². The van der Waals surface area contributed by atoms with E-state index in [1.807, 2.05) is 0 Å². The fraction of sp³-hybridized carbons (Fsp3) is 0.154. The minimum atomic E-state index is -1.03. The number of nitrogens with zero attached hydrogens (tertiary/aromatic N) is 1. The number of methoxy groups -OCH3 is 1. The molecule has 0 saturated carbocycles. The molecule has 1 aromatic carbocycles. The highest BCUT2D eigenvalue weighted by atomic mass is 19.1. The van der Waals surface area contributed by atoms with Crippen LogP contribution >= 0.6 is 0 Å². The maximum absolute atomic E-state index is 13.1. The van der Waals surface area contributed by atoms with E-state index in [0.29, 0.717) is 11.1 Å². The largest absolute Gasteiger partial charge is 0.465 e. The Hall–Kier alpha value is -2.70. The van der Waals surface area contributed by atoms with E-state index < -0.39 is 23.0 Å². The maximum Gasteiger partial charge on any atom is 0.337 e. The molecule has 104 valence electrons. The quantitative estimate of drug-likeness (QED) is 0.829. The molecule has 0 spiro atoms. The molecule has 7 heteroatoms. The standard InChI is InChI=1S/C13H11FN2O4/c1-20-12(18)9-4-2-8(3-5-9)7-16-11(17)10(14)6-15-13(16)19/h2-6H,7H2,1H3,(H,15,19). The number of ether oxygens (including phenoxy) is 1. The molecule has 0 saturated heterocycles. The Labute approximate surface area is 112 Å². The molecule has 0 aliphatic rings. The third kappa shape index (κ3) is 2.66. The summed E-state index contributed by atoms with van der Waals surface area (Å²) in [5.74, 6) is -1.52. The highest BCUT2D eigenvalue weighted by Crippen LogP contribution is 2.06. The zero-order valence-corrected chi connectivity index (χ0v) is 10.6. The Kier molecular flexibility index (Phi) is 3.79. The molecule has 0 bridgehead atoms. The zero-order valence-electron chi connectivity index (χ0n) is 10.6. The van der Waals surface area contributed by atoms with Crippen LogP contribution in [0.5, 0.6) is 0 Å². The van der Waals surface area contributed by atoms with Crippen molar-refractivity contribution in [2.75, 3.05) is 7.11 Å².